The lowest BCUT2D eigenvalue weighted by atomic mass is 10.1. The van der Waals surface area contributed by atoms with Gasteiger partial charge in [0.15, 0.2) is 0 Å². The summed E-state index contributed by atoms with van der Waals surface area (Å²) in [5, 5.41) is 2.43. The second-order valence-corrected chi connectivity index (χ2v) is 5.38. The summed E-state index contributed by atoms with van der Waals surface area (Å²) in [5.41, 5.74) is 1.35. The van der Waals surface area contributed by atoms with E-state index < -0.39 is 17.5 Å². The smallest absolute Gasteiger partial charge is 0.255 e. The minimum Gasteiger partial charge on any atom is -0.331 e. The highest BCUT2D eigenvalue weighted by Crippen LogP contribution is 2.16. The molecular formula is C18H15F2N3O. The first kappa shape index (κ1) is 15.9. The van der Waals surface area contributed by atoms with Crippen molar-refractivity contribution >= 4 is 11.6 Å². The lowest BCUT2D eigenvalue weighted by molar-refractivity contribution is 0.102. The van der Waals surface area contributed by atoms with E-state index in [0.717, 1.165) is 23.5 Å². The Labute approximate surface area is 137 Å². The van der Waals surface area contributed by atoms with Crippen molar-refractivity contribution in [1.29, 1.82) is 0 Å². The van der Waals surface area contributed by atoms with Crippen LogP contribution in [0.4, 0.5) is 14.5 Å². The number of nitrogens with zero attached hydrogens (tertiary/aromatic N) is 2. The predicted octanol–water partition coefficient (Wildman–Crippen LogP) is 3.77. The second kappa shape index (κ2) is 6.62. The van der Waals surface area contributed by atoms with E-state index in [1.807, 2.05) is 29.8 Å². The maximum Gasteiger partial charge on any atom is 0.255 e. The lowest BCUT2D eigenvalue weighted by Gasteiger charge is -2.08. The molecule has 0 aliphatic heterocycles. The average molecular weight is 327 g/mol. The van der Waals surface area contributed by atoms with Crippen LogP contribution >= 0.6 is 0 Å². The zero-order valence-corrected chi connectivity index (χ0v) is 13.0. The number of benzene rings is 2. The molecule has 4 nitrogen and oxygen atoms in total. The van der Waals surface area contributed by atoms with E-state index in [2.05, 4.69) is 10.3 Å². The van der Waals surface area contributed by atoms with Crippen LogP contribution in [0.3, 0.4) is 0 Å². The van der Waals surface area contributed by atoms with Crippen LogP contribution in [0.15, 0.2) is 54.9 Å². The van der Waals surface area contributed by atoms with Crippen LogP contribution in [0, 0.1) is 18.6 Å². The first-order valence-electron chi connectivity index (χ1n) is 7.36. The van der Waals surface area contributed by atoms with E-state index in [-0.39, 0.29) is 5.69 Å². The molecule has 3 aromatic rings. The van der Waals surface area contributed by atoms with Gasteiger partial charge in [-0.2, -0.15) is 0 Å². The van der Waals surface area contributed by atoms with Crippen molar-refractivity contribution in [3.05, 3.63) is 83.4 Å². The van der Waals surface area contributed by atoms with E-state index in [9.17, 15) is 13.6 Å². The Balaban J connectivity index is 1.70. The van der Waals surface area contributed by atoms with Gasteiger partial charge in [-0.25, -0.2) is 13.8 Å². The summed E-state index contributed by atoms with van der Waals surface area (Å²) in [7, 11) is 0. The molecule has 1 amide bonds. The fourth-order valence-corrected chi connectivity index (χ4v) is 2.31. The number of carbonyl (C=O) groups excluding carboxylic acids is 1. The van der Waals surface area contributed by atoms with Crippen LogP contribution in [0.1, 0.15) is 21.7 Å². The molecule has 0 atom stereocenters. The average Bonchev–Trinajstić information content (AvgIpc) is 2.96. The molecule has 2 aromatic carbocycles. The highest BCUT2D eigenvalue weighted by atomic mass is 19.1. The SMILES string of the molecule is Cc1nccn1Cc1ccc(C(=O)Nc2ccc(F)cc2F)cc1. The molecule has 1 heterocycles. The van der Waals surface area contributed by atoms with E-state index in [1.54, 1.807) is 18.3 Å². The highest BCUT2D eigenvalue weighted by Gasteiger charge is 2.10. The summed E-state index contributed by atoms with van der Waals surface area (Å²) in [6.45, 7) is 2.57. The van der Waals surface area contributed by atoms with Crippen LogP contribution in [-0.2, 0) is 6.54 Å². The number of carbonyl (C=O) groups is 1. The van der Waals surface area contributed by atoms with Gasteiger partial charge < -0.3 is 9.88 Å². The largest absolute Gasteiger partial charge is 0.331 e. The van der Waals surface area contributed by atoms with E-state index >= 15 is 0 Å². The number of aryl methyl sites for hydroxylation is 1. The Morgan fingerprint density at radius 1 is 1.17 bits per heavy atom. The fourth-order valence-electron chi connectivity index (χ4n) is 2.31. The number of amides is 1. The highest BCUT2D eigenvalue weighted by molar-refractivity contribution is 6.04. The summed E-state index contributed by atoms with van der Waals surface area (Å²) in [6.07, 6.45) is 3.61. The van der Waals surface area contributed by atoms with Gasteiger partial charge in [0.1, 0.15) is 17.5 Å². The van der Waals surface area contributed by atoms with Crippen molar-refractivity contribution in [3.8, 4) is 0 Å². The van der Waals surface area contributed by atoms with Crippen LogP contribution < -0.4 is 5.32 Å². The molecule has 0 spiro atoms. The number of rotatable bonds is 4. The third kappa shape index (κ3) is 3.48. The molecule has 1 N–H and O–H groups in total. The number of aromatic nitrogens is 2. The van der Waals surface area contributed by atoms with Crippen LogP contribution in [0.2, 0.25) is 0 Å². The van der Waals surface area contributed by atoms with Crippen molar-refractivity contribution in [1.82, 2.24) is 9.55 Å². The standard InChI is InChI=1S/C18H15F2N3O/c1-12-21-8-9-23(12)11-13-2-4-14(5-3-13)18(24)22-17-7-6-15(19)10-16(17)20/h2-10H,11H2,1H3,(H,22,24). The van der Waals surface area contributed by atoms with Crippen LogP contribution in [0.5, 0.6) is 0 Å². The normalized spacial score (nSPS) is 10.6. The molecule has 0 aliphatic carbocycles. The van der Waals surface area contributed by atoms with Gasteiger partial charge in [0.25, 0.3) is 5.91 Å². The van der Waals surface area contributed by atoms with Gasteiger partial charge in [-0.05, 0) is 36.8 Å². The zero-order chi connectivity index (χ0) is 17.1. The van der Waals surface area contributed by atoms with Gasteiger partial charge in [-0.3, -0.25) is 4.79 Å². The topological polar surface area (TPSA) is 46.9 Å². The molecule has 6 heteroatoms. The summed E-state index contributed by atoms with van der Waals surface area (Å²) in [6, 6.07) is 10.0. The van der Waals surface area contributed by atoms with Gasteiger partial charge in [-0.1, -0.05) is 12.1 Å². The molecule has 0 saturated heterocycles. The summed E-state index contributed by atoms with van der Waals surface area (Å²) >= 11 is 0. The summed E-state index contributed by atoms with van der Waals surface area (Å²) in [5.74, 6) is -1.05. The molecule has 0 radical (unpaired) electrons. The minimum atomic E-state index is -0.810. The first-order valence-corrected chi connectivity index (χ1v) is 7.36. The predicted molar refractivity (Wildman–Crippen MR) is 86.8 cm³/mol. The fraction of sp³-hybridized carbons (Fsp3) is 0.111. The number of halogens is 2. The van der Waals surface area contributed by atoms with E-state index in [0.29, 0.717) is 12.1 Å². The molecule has 0 bridgehead atoms. The maximum absolute atomic E-state index is 13.6. The van der Waals surface area contributed by atoms with Crippen molar-refractivity contribution < 1.29 is 13.6 Å². The molecule has 1 aromatic heterocycles. The molecule has 0 saturated carbocycles. The second-order valence-electron chi connectivity index (χ2n) is 5.38. The molecule has 0 aliphatic rings. The van der Waals surface area contributed by atoms with Gasteiger partial charge in [0, 0.05) is 30.6 Å². The lowest BCUT2D eigenvalue weighted by Crippen LogP contribution is -2.13. The molecule has 24 heavy (non-hydrogen) atoms. The first-order chi connectivity index (χ1) is 11.5. The summed E-state index contributed by atoms with van der Waals surface area (Å²) in [4.78, 5) is 16.3. The van der Waals surface area contributed by atoms with E-state index in [4.69, 9.17) is 0 Å². The van der Waals surface area contributed by atoms with Crippen LogP contribution in [0.25, 0.3) is 0 Å². The number of nitrogens with one attached hydrogen (secondary N) is 1. The van der Waals surface area contributed by atoms with Gasteiger partial charge in [0.2, 0.25) is 0 Å². The molecule has 122 valence electrons. The Morgan fingerprint density at radius 3 is 2.54 bits per heavy atom. The van der Waals surface area contributed by atoms with Gasteiger partial charge in [0.05, 0.1) is 5.69 Å². The van der Waals surface area contributed by atoms with Crippen LogP contribution in [-0.4, -0.2) is 15.5 Å². The quantitative estimate of drug-likeness (QED) is 0.793. The van der Waals surface area contributed by atoms with E-state index in [1.165, 1.54) is 6.07 Å². The number of hydrogen-bond donors (Lipinski definition) is 1. The number of anilines is 1. The molecule has 0 unspecified atom stereocenters. The van der Waals surface area contributed by atoms with Crippen molar-refractivity contribution in [3.63, 3.8) is 0 Å². The monoisotopic (exact) mass is 327 g/mol. The minimum absolute atomic E-state index is 0.0560. The number of imidazole rings is 1. The summed E-state index contributed by atoms with van der Waals surface area (Å²) < 4.78 is 28.4. The number of hydrogen-bond acceptors (Lipinski definition) is 2. The zero-order valence-electron chi connectivity index (χ0n) is 13.0. The Hall–Kier alpha value is -3.02. The maximum atomic E-state index is 13.6. The molecular weight excluding hydrogens is 312 g/mol. The van der Waals surface area contributed by atoms with Gasteiger partial charge in [-0.15, -0.1) is 0 Å². The van der Waals surface area contributed by atoms with Gasteiger partial charge >= 0.3 is 0 Å². The molecule has 3 rings (SSSR count). The van der Waals surface area contributed by atoms with Crippen molar-refractivity contribution in [2.75, 3.05) is 5.32 Å². The molecule has 0 fully saturated rings. The Bertz CT molecular complexity index is 872. The van der Waals surface area contributed by atoms with Crippen molar-refractivity contribution in [2.24, 2.45) is 0 Å². The Kier molecular flexibility index (Phi) is 4.37. The third-order valence-corrected chi connectivity index (χ3v) is 3.67. The van der Waals surface area contributed by atoms with Crippen molar-refractivity contribution in [2.45, 2.75) is 13.5 Å². The third-order valence-electron chi connectivity index (χ3n) is 3.67. The Morgan fingerprint density at radius 2 is 1.92 bits per heavy atom.